The van der Waals surface area contributed by atoms with Gasteiger partial charge >= 0.3 is 0 Å². The molecule has 3 aliphatic heterocycles. The van der Waals surface area contributed by atoms with E-state index < -0.39 is 0 Å². The van der Waals surface area contributed by atoms with Crippen LogP contribution in [0.5, 0.6) is 0 Å². The van der Waals surface area contributed by atoms with Crippen molar-refractivity contribution in [2.75, 3.05) is 38.1 Å². The Balaban J connectivity index is 1.26. The normalized spacial score (nSPS) is 18.2. The van der Waals surface area contributed by atoms with E-state index in [9.17, 15) is 0 Å². The molecule has 6 heterocycles. The zero-order valence-electron chi connectivity index (χ0n) is 19.4. The zero-order valence-corrected chi connectivity index (χ0v) is 19.4. The predicted octanol–water partition coefficient (Wildman–Crippen LogP) is 3.12. The van der Waals surface area contributed by atoms with E-state index in [-0.39, 0.29) is 0 Å². The Morgan fingerprint density at radius 2 is 1.82 bits per heavy atom. The van der Waals surface area contributed by atoms with Crippen LogP contribution in [0.3, 0.4) is 0 Å². The Morgan fingerprint density at radius 3 is 2.56 bits per heavy atom. The van der Waals surface area contributed by atoms with E-state index in [1.807, 2.05) is 36.1 Å². The highest BCUT2D eigenvalue weighted by Gasteiger charge is 2.46. The van der Waals surface area contributed by atoms with Gasteiger partial charge in [-0.2, -0.15) is 10.1 Å². The van der Waals surface area contributed by atoms with Crippen LogP contribution in [-0.4, -0.2) is 62.3 Å². The second-order valence-electron chi connectivity index (χ2n) is 10.1. The molecule has 4 aromatic rings. The van der Waals surface area contributed by atoms with Crippen LogP contribution in [0.1, 0.15) is 17.7 Å². The Bertz CT molecular complexity index is 1460. The monoisotopic (exact) mass is 450 g/mol. The number of benzene rings is 1. The van der Waals surface area contributed by atoms with Gasteiger partial charge in [-0.05, 0) is 49.4 Å². The van der Waals surface area contributed by atoms with E-state index in [2.05, 4.69) is 56.6 Å². The van der Waals surface area contributed by atoms with Gasteiger partial charge in [-0.3, -0.25) is 0 Å². The quantitative estimate of drug-likeness (QED) is 0.413. The van der Waals surface area contributed by atoms with Crippen LogP contribution >= 0.6 is 0 Å². The van der Waals surface area contributed by atoms with Crippen molar-refractivity contribution in [2.45, 2.75) is 13.0 Å². The maximum Gasteiger partial charge on any atom is 0.199 e. The van der Waals surface area contributed by atoms with Gasteiger partial charge in [0, 0.05) is 50.4 Å². The minimum absolute atomic E-state index is 0.449. The van der Waals surface area contributed by atoms with Gasteiger partial charge in [-0.15, -0.1) is 5.10 Å². The third-order valence-electron chi connectivity index (χ3n) is 7.66. The van der Waals surface area contributed by atoms with Gasteiger partial charge in [0.1, 0.15) is 5.82 Å². The van der Waals surface area contributed by atoms with E-state index in [1.54, 1.807) is 0 Å². The molecule has 0 bridgehead atoms. The van der Waals surface area contributed by atoms with Gasteiger partial charge in [0.05, 0.1) is 35.3 Å². The van der Waals surface area contributed by atoms with Crippen LogP contribution in [-0.2, 0) is 13.6 Å². The van der Waals surface area contributed by atoms with Crippen LogP contribution in [0.25, 0.3) is 28.3 Å². The van der Waals surface area contributed by atoms with Gasteiger partial charge < -0.3 is 14.4 Å². The topological polar surface area (TPSA) is 70.8 Å². The molecule has 0 aliphatic carbocycles. The molecule has 170 valence electrons. The van der Waals surface area contributed by atoms with Crippen LogP contribution < -0.4 is 4.90 Å². The number of pyridine rings is 1. The summed E-state index contributed by atoms with van der Waals surface area (Å²) < 4.78 is 4.40. The van der Waals surface area contributed by atoms with Gasteiger partial charge in [-0.25, -0.2) is 9.67 Å². The summed E-state index contributed by atoms with van der Waals surface area (Å²) >= 11 is 0. The van der Waals surface area contributed by atoms with Crippen molar-refractivity contribution in [3.8, 4) is 34.4 Å². The van der Waals surface area contributed by atoms with Gasteiger partial charge in [0.15, 0.2) is 5.82 Å². The molecule has 8 nitrogen and oxygen atoms in total. The molecular weight excluding hydrogens is 424 g/mol. The molecule has 0 amide bonds. The molecule has 34 heavy (non-hydrogen) atoms. The molecular formula is C26H26N8. The SMILES string of the molecule is CN1CC2(CCN(c3ccc4c(n3)Cn3cc(-c5ccc(C#N)cc5)cc3-c3nn(C)n3-4)C2)C1. The third kappa shape index (κ3) is 2.80. The standard InChI is InChI=1S/C26H26N8/c1-30-15-26(16-30)9-10-32(17-26)24-8-7-22-21(28-24)14-33-13-20(19-5-3-18(12-27)4-6-19)11-23(33)25-29-31(2)34(22)25/h3-8,11,13H,9-10,14-17H2,1-2H3. The summed E-state index contributed by atoms with van der Waals surface area (Å²) in [6.07, 6.45) is 3.42. The van der Waals surface area contributed by atoms with Gasteiger partial charge in [0.25, 0.3) is 0 Å². The Labute approximate surface area is 198 Å². The number of fused-ring (bicyclic) bond motifs is 5. The van der Waals surface area contributed by atoms with E-state index >= 15 is 0 Å². The summed E-state index contributed by atoms with van der Waals surface area (Å²) in [5, 5.41) is 13.8. The summed E-state index contributed by atoms with van der Waals surface area (Å²) in [7, 11) is 4.18. The smallest absolute Gasteiger partial charge is 0.199 e. The number of anilines is 1. The highest BCUT2D eigenvalue weighted by atomic mass is 15.6. The predicted molar refractivity (Wildman–Crippen MR) is 130 cm³/mol. The Hall–Kier alpha value is -3.83. The Kier molecular flexibility index (Phi) is 3.95. The molecule has 3 aliphatic rings. The van der Waals surface area contributed by atoms with E-state index in [0.717, 1.165) is 52.9 Å². The maximum absolute atomic E-state index is 9.12. The van der Waals surface area contributed by atoms with Crippen LogP contribution in [0.15, 0.2) is 48.7 Å². The van der Waals surface area contributed by atoms with Crippen molar-refractivity contribution < 1.29 is 0 Å². The number of rotatable bonds is 2. The summed E-state index contributed by atoms with van der Waals surface area (Å²) in [6.45, 7) is 5.25. The molecule has 0 atom stereocenters. The highest BCUT2D eigenvalue weighted by molar-refractivity contribution is 5.72. The van der Waals surface area contributed by atoms with E-state index in [4.69, 9.17) is 15.3 Å². The number of aryl methyl sites for hydroxylation is 1. The van der Waals surface area contributed by atoms with Crippen LogP contribution in [0.2, 0.25) is 0 Å². The second-order valence-corrected chi connectivity index (χ2v) is 10.1. The minimum Gasteiger partial charge on any atom is -0.356 e. The lowest BCUT2D eigenvalue weighted by atomic mass is 9.79. The molecule has 1 aromatic carbocycles. The number of nitriles is 1. The zero-order chi connectivity index (χ0) is 23.0. The summed E-state index contributed by atoms with van der Waals surface area (Å²) in [5.74, 6) is 2.02. The van der Waals surface area contributed by atoms with Crippen molar-refractivity contribution >= 4 is 5.82 Å². The molecule has 7 rings (SSSR count). The van der Waals surface area contributed by atoms with Crippen molar-refractivity contribution in [3.63, 3.8) is 0 Å². The molecule has 0 saturated carbocycles. The van der Waals surface area contributed by atoms with Crippen molar-refractivity contribution in [2.24, 2.45) is 12.5 Å². The second kappa shape index (κ2) is 6.84. The van der Waals surface area contributed by atoms with E-state index in [1.165, 1.54) is 19.5 Å². The summed E-state index contributed by atoms with van der Waals surface area (Å²) in [5.41, 5.74) is 6.56. The molecule has 8 heteroatoms. The molecule has 2 fully saturated rings. The largest absolute Gasteiger partial charge is 0.356 e. The van der Waals surface area contributed by atoms with Crippen molar-refractivity contribution in [3.05, 3.63) is 59.9 Å². The average molecular weight is 451 g/mol. The number of hydrogen-bond acceptors (Lipinski definition) is 5. The van der Waals surface area contributed by atoms with Crippen LogP contribution in [0, 0.1) is 16.7 Å². The first-order chi connectivity index (χ1) is 16.5. The molecule has 1 spiro atoms. The molecule has 0 N–H and O–H groups in total. The first-order valence-corrected chi connectivity index (χ1v) is 11.8. The van der Waals surface area contributed by atoms with Crippen molar-refractivity contribution in [1.82, 2.24) is 29.0 Å². The fourth-order valence-corrected chi connectivity index (χ4v) is 6.09. The molecule has 3 aromatic heterocycles. The summed E-state index contributed by atoms with van der Waals surface area (Å²) in [6, 6.07) is 16.5. The Morgan fingerprint density at radius 1 is 1.00 bits per heavy atom. The van der Waals surface area contributed by atoms with E-state index in [0.29, 0.717) is 17.5 Å². The summed E-state index contributed by atoms with van der Waals surface area (Å²) in [4.78, 5) is 11.9. The first kappa shape index (κ1) is 19.6. The molecule has 2 saturated heterocycles. The lowest BCUT2D eigenvalue weighted by Gasteiger charge is -2.46. The fraction of sp³-hybridized carbons (Fsp3) is 0.346. The fourth-order valence-electron chi connectivity index (χ4n) is 6.09. The number of nitrogens with zero attached hydrogens (tertiary/aromatic N) is 8. The average Bonchev–Trinajstić information content (AvgIpc) is 3.41. The lowest BCUT2D eigenvalue weighted by Crippen LogP contribution is -2.55. The molecule has 0 radical (unpaired) electrons. The number of aromatic nitrogens is 5. The number of likely N-dealkylation sites (tertiary alicyclic amines) is 1. The minimum atomic E-state index is 0.449. The number of hydrogen-bond donors (Lipinski definition) is 0. The van der Waals surface area contributed by atoms with Crippen LogP contribution in [0.4, 0.5) is 5.82 Å². The lowest BCUT2D eigenvalue weighted by molar-refractivity contribution is 0.0424. The van der Waals surface area contributed by atoms with Crippen molar-refractivity contribution in [1.29, 1.82) is 5.26 Å². The van der Waals surface area contributed by atoms with Gasteiger partial charge in [-0.1, -0.05) is 12.1 Å². The van der Waals surface area contributed by atoms with Gasteiger partial charge in [0.2, 0.25) is 0 Å². The first-order valence-electron chi connectivity index (χ1n) is 11.8. The third-order valence-corrected chi connectivity index (χ3v) is 7.66. The molecule has 0 unspecified atom stereocenters. The highest BCUT2D eigenvalue weighted by Crippen LogP contribution is 2.41. The maximum atomic E-state index is 9.12.